The minimum absolute atomic E-state index is 0.0540. The number of benzene rings is 18. The van der Waals surface area contributed by atoms with E-state index in [0.29, 0.717) is 34.9 Å². The zero-order chi connectivity index (χ0) is 74.4. The van der Waals surface area contributed by atoms with Crippen LogP contribution in [0.25, 0.3) is 209 Å². The van der Waals surface area contributed by atoms with Gasteiger partial charge in [0.05, 0.1) is 0 Å². The monoisotopic (exact) mass is 1440 g/mol. The summed E-state index contributed by atoms with van der Waals surface area (Å²) in [7, 11) is 0. The Morgan fingerprint density at radius 2 is 0.554 bits per heavy atom. The van der Waals surface area contributed by atoms with Crippen molar-refractivity contribution in [2.75, 3.05) is 0 Å². The maximum absolute atomic E-state index is 5.07. The Bertz CT molecular complexity index is 7210. The smallest absolute Gasteiger partial charge is 0.164 e. The van der Waals surface area contributed by atoms with Crippen LogP contribution < -0.4 is 0 Å². The zero-order valence-corrected chi connectivity index (χ0v) is 62.2. The number of hydrogen-bond acceptors (Lipinski definition) is 7. The van der Waals surface area contributed by atoms with Crippen LogP contribution in [0, 0.1) is 0 Å². The maximum atomic E-state index is 5.07. The van der Waals surface area contributed by atoms with Crippen molar-refractivity contribution in [1.29, 1.82) is 0 Å². The molecular weight excluding hydrogens is 1380 g/mol. The number of nitrogens with zero attached hydrogens (tertiary/aromatic N) is 6. The predicted molar refractivity (Wildman–Crippen MR) is 470 cm³/mol. The summed E-state index contributed by atoms with van der Waals surface area (Å²) >= 11 is 1.90. The molecule has 0 aliphatic heterocycles. The number of rotatable bonds is 10. The number of thiophene rings is 1. The van der Waals surface area contributed by atoms with E-state index in [-0.39, 0.29) is 5.41 Å². The van der Waals surface area contributed by atoms with Crippen LogP contribution in [-0.4, -0.2) is 29.9 Å². The Labute approximate surface area is 652 Å². The summed E-state index contributed by atoms with van der Waals surface area (Å²) in [6.07, 6.45) is 0. The standard InChI is InChI=1S/C54H37N3.C51H31N3S/c1-54(2)46-23-12-11-22-45(46)50-47(54)31-29-35-25-24-34-26-27-41-33-39(28-30-43(41)48(34)49(35)50)38-18-13-19-40(32-38)42-20-9-10-21-44(42)53-56-51(36-14-5-3-6-15-36)55-52(57-53)37-16-7-4-8-17-37;1-3-11-35(12-4-1)49-52-50(36-13-5-2-6-14-36)54-51(53-49)37-24-19-32(20-25-37)40-15-7-8-16-41(40)38-28-29-42-39(31-38)26-23-33-21-22-34-27-30-44-43-17-9-10-18-45(43)55-48(44)47(34)46(33)42/h3-33H,1-2H3;1-31H. The van der Waals surface area contributed by atoms with E-state index in [2.05, 4.69) is 269 Å². The summed E-state index contributed by atoms with van der Waals surface area (Å²) in [5, 5.41) is 18.1. The van der Waals surface area contributed by atoms with Gasteiger partial charge >= 0.3 is 0 Å². The lowest BCUT2D eigenvalue weighted by Crippen LogP contribution is -2.14. The van der Waals surface area contributed by atoms with E-state index in [1.165, 1.54) is 129 Å². The van der Waals surface area contributed by atoms with Crippen LogP contribution >= 0.6 is 11.3 Å². The first-order valence-electron chi connectivity index (χ1n) is 38.1. The molecule has 0 saturated carbocycles. The summed E-state index contributed by atoms with van der Waals surface area (Å²) in [6, 6.07) is 134. The van der Waals surface area contributed by atoms with Gasteiger partial charge in [-0.15, -0.1) is 11.3 Å². The molecule has 22 rings (SSSR count). The molecule has 0 radical (unpaired) electrons. The van der Waals surface area contributed by atoms with Gasteiger partial charge in [-0.3, -0.25) is 0 Å². The molecule has 21 aromatic rings. The second kappa shape index (κ2) is 27.2. The van der Waals surface area contributed by atoms with Crippen molar-refractivity contribution in [3.63, 3.8) is 0 Å². The lowest BCUT2D eigenvalue weighted by Gasteiger charge is -2.21. The molecule has 3 aromatic heterocycles. The summed E-state index contributed by atoms with van der Waals surface area (Å²) in [5.74, 6) is 3.91. The van der Waals surface area contributed by atoms with Gasteiger partial charge < -0.3 is 0 Å². The van der Waals surface area contributed by atoms with Crippen LogP contribution in [0.5, 0.6) is 0 Å². The van der Waals surface area contributed by atoms with E-state index in [1.807, 2.05) is 133 Å². The predicted octanol–water partition coefficient (Wildman–Crippen LogP) is 28.0. The van der Waals surface area contributed by atoms with Gasteiger partial charge in [-0.05, 0) is 150 Å². The largest absolute Gasteiger partial charge is 0.208 e. The van der Waals surface area contributed by atoms with Crippen molar-refractivity contribution in [3.8, 4) is 124 Å². The van der Waals surface area contributed by atoms with Crippen molar-refractivity contribution in [3.05, 3.63) is 387 Å². The topological polar surface area (TPSA) is 77.3 Å². The summed E-state index contributed by atoms with van der Waals surface area (Å²) in [5.41, 5.74) is 20.4. The van der Waals surface area contributed by atoms with Crippen molar-refractivity contribution in [2.24, 2.45) is 0 Å². The van der Waals surface area contributed by atoms with E-state index < -0.39 is 0 Å². The van der Waals surface area contributed by atoms with Crippen LogP contribution in [0.1, 0.15) is 25.0 Å². The fourth-order valence-corrected chi connectivity index (χ4v) is 18.4. The highest BCUT2D eigenvalue weighted by Crippen LogP contribution is 2.54. The van der Waals surface area contributed by atoms with Gasteiger partial charge in [0.25, 0.3) is 0 Å². The fourth-order valence-electron chi connectivity index (χ4n) is 17.1. The quantitative estimate of drug-likeness (QED) is 0.127. The van der Waals surface area contributed by atoms with Crippen LogP contribution in [-0.2, 0) is 5.41 Å². The highest BCUT2D eigenvalue weighted by atomic mass is 32.1. The van der Waals surface area contributed by atoms with Gasteiger partial charge in [0.2, 0.25) is 0 Å². The summed E-state index contributed by atoms with van der Waals surface area (Å²) in [6.45, 7) is 4.72. The first-order valence-corrected chi connectivity index (χ1v) is 38.9. The third-order valence-electron chi connectivity index (χ3n) is 22.6. The molecule has 1 aliphatic rings. The average molecular weight is 1450 g/mol. The highest BCUT2D eigenvalue weighted by molar-refractivity contribution is 7.26. The van der Waals surface area contributed by atoms with E-state index >= 15 is 0 Å². The fraction of sp³-hybridized carbons (Fsp3) is 0.0286. The molecule has 0 N–H and O–H groups in total. The first-order chi connectivity index (χ1) is 55.3. The van der Waals surface area contributed by atoms with Gasteiger partial charge in [0.1, 0.15) is 0 Å². The summed E-state index contributed by atoms with van der Waals surface area (Å²) < 4.78 is 2.69. The molecule has 0 unspecified atom stereocenters. The SMILES string of the molecule is CC1(C)c2ccccc2-c2c1ccc1ccc3ccc4cc(-c5cccc(-c6ccccc6-c6nc(-c7ccccc7)nc(-c7ccccc7)n6)c5)ccc4c3c21.c1ccc(-c2nc(-c3ccccc3)nc(-c3ccc(-c4ccccc4-c4ccc5c(ccc6ccc7ccc8c9ccccc9sc8c7c65)c4)cc3)n2)cc1. The van der Waals surface area contributed by atoms with Gasteiger partial charge in [-0.1, -0.05) is 366 Å². The Kier molecular flexibility index (Phi) is 16.0. The number of aromatic nitrogens is 6. The van der Waals surface area contributed by atoms with E-state index in [4.69, 9.17) is 29.9 Å². The van der Waals surface area contributed by atoms with Crippen LogP contribution in [0.15, 0.2) is 376 Å². The van der Waals surface area contributed by atoms with Crippen molar-refractivity contribution >= 4 is 96.1 Å². The second-order valence-corrected chi connectivity index (χ2v) is 30.6. The lowest BCUT2D eigenvalue weighted by atomic mass is 9.81. The third-order valence-corrected chi connectivity index (χ3v) is 23.8. The minimum Gasteiger partial charge on any atom is -0.208 e. The first kappa shape index (κ1) is 66.0. The molecule has 0 fully saturated rings. The van der Waals surface area contributed by atoms with Crippen LogP contribution in [0.2, 0.25) is 0 Å². The van der Waals surface area contributed by atoms with E-state index in [9.17, 15) is 0 Å². The van der Waals surface area contributed by atoms with Gasteiger partial charge in [-0.2, -0.15) is 0 Å². The average Bonchev–Trinajstić information content (AvgIpc) is 1.50. The molecule has 524 valence electrons. The lowest BCUT2D eigenvalue weighted by molar-refractivity contribution is 0.661. The maximum Gasteiger partial charge on any atom is 0.164 e. The van der Waals surface area contributed by atoms with E-state index in [1.54, 1.807) is 0 Å². The second-order valence-electron chi connectivity index (χ2n) is 29.6. The third kappa shape index (κ3) is 11.5. The Hall–Kier alpha value is -14.2. The summed E-state index contributed by atoms with van der Waals surface area (Å²) in [4.78, 5) is 29.8. The minimum atomic E-state index is -0.0540. The Morgan fingerprint density at radius 1 is 0.205 bits per heavy atom. The van der Waals surface area contributed by atoms with Gasteiger partial charge in [0, 0.05) is 64.4 Å². The molecule has 0 atom stereocenters. The number of fused-ring (bicyclic) bond motifs is 18. The van der Waals surface area contributed by atoms with Crippen LogP contribution in [0.4, 0.5) is 0 Å². The number of hydrogen-bond donors (Lipinski definition) is 0. The van der Waals surface area contributed by atoms with Gasteiger partial charge in [-0.25, -0.2) is 29.9 Å². The van der Waals surface area contributed by atoms with Crippen molar-refractivity contribution in [1.82, 2.24) is 29.9 Å². The molecule has 1 aliphatic carbocycles. The van der Waals surface area contributed by atoms with Crippen molar-refractivity contribution < 1.29 is 0 Å². The van der Waals surface area contributed by atoms with Crippen molar-refractivity contribution in [2.45, 2.75) is 19.3 Å². The molecular formula is C105H68N6S. The Morgan fingerprint density at radius 3 is 1.12 bits per heavy atom. The molecule has 6 nitrogen and oxygen atoms in total. The molecule has 112 heavy (non-hydrogen) atoms. The van der Waals surface area contributed by atoms with Gasteiger partial charge in [0.15, 0.2) is 34.9 Å². The molecule has 0 amide bonds. The van der Waals surface area contributed by atoms with E-state index in [0.717, 1.165) is 55.6 Å². The molecule has 7 heteroatoms. The molecule has 18 aromatic carbocycles. The molecule has 0 bridgehead atoms. The molecule has 0 spiro atoms. The van der Waals surface area contributed by atoms with Crippen LogP contribution in [0.3, 0.4) is 0 Å². The molecule has 0 saturated heterocycles. The molecule has 3 heterocycles. The highest BCUT2D eigenvalue weighted by Gasteiger charge is 2.37. The zero-order valence-electron chi connectivity index (χ0n) is 61.4. The normalized spacial score (nSPS) is 12.3. The Balaban J connectivity index is 0.000000142.